The molecule has 3 atom stereocenters. The molecule has 1 saturated heterocycles. The lowest BCUT2D eigenvalue weighted by molar-refractivity contribution is -0.171. The van der Waals surface area contributed by atoms with E-state index in [4.69, 9.17) is 9.47 Å². The molecule has 2 N–H and O–H groups in total. The predicted molar refractivity (Wildman–Crippen MR) is 119 cm³/mol. The van der Waals surface area contributed by atoms with E-state index in [2.05, 4.69) is 28.3 Å². The minimum Gasteiger partial charge on any atom is -0.489 e. The van der Waals surface area contributed by atoms with Crippen LogP contribution in [0.4, 0.5) is 0 Å². The molecule has 1 aromatic carbocycles. The second kappa shape index (κ2) is 8.82. The molecule has 0 radical (unpaired) electrons. The third-order valence-corrected chi connectivity index (χ3v) is 6.33. The molecule has 1 heterocycles. The maximum atomic E-state index is 6.01. The summed E-state index contributed by atoms with van der Waals surface area (Å²) in [5.41, 5.74) is 1.47. The van der Waals surface area contributed by atoms with E-state index in [9.17, 15) is 0 Å². The Labute approximate surface area is 179 Å². The van der Waals surface area contributed by atoms with Crippen LogP contribution in [0.25, 0.3) is 0 Å². The van der Waals surface area contributed by atoms with Crippen molar-refractivity contribution in [2.24, 2.45) is 16.3 Å². The van der Waals surface area contributed by atoms with Crippen molar-refractivity contribution in [1.29, 1.82) is 0 Å². The molecule has 1 spiro atoms. The molecule has 148 valence electrons. The van der Waals surface area contributed by atoms with Crippen LogP contribution in [0, 0.1) is 11.3 Å². The highest BCUT2D eigenvalue weighted by molar-refractivity contribution is 14.0. The number of ether oxygens (including phenoxy) is 2. The highest BCUT2D eigenvalue weighted by Crippen LogP contribution is 2.62. The minimum absolute atomic E-state index is 0. The van der Waals surface area contributed by atoms with Gasteiger partial charge in [0.15, 0.2) is 5.96 Å². The molecule has 3 fully saturated rings. The largest absolute Gasteiger partial charge is 0.489 e. The lowest BCUT2D eigenvalue weighted by atomic mass is 9.46. The summed E-state index contributed by atoms with van der Waals surface area (Å²) in [6.07, 6.45) is 7.28. The quantitative estimate of drug-likeness (QED) is 0.282. The van der Waals surface area contributed by atoms with E-state index in [-0.39, 0.29) is 24.0 Å². The fourth-order valence-electron chi connectivity index (χ4n) is 4.92. The van der Waals surface area contributed by atoms with E-state index in [0.29, 0.717) is 36.6 Å². The van der Waals surface area contributed by atoms with E-state index in [0.717, 1.165) is 23.9 Å². The first-order valence-corrected chi connectivity index (χ1v) is 9.69. The molecule has 0 amide bonds. The zero-order valence-corrected chi connectivity index (χ0v) is 18.3. The minimum atomic E-state index is 0. The molecule has 6 heteroatoms. The summed E-state index contributed by atoms with van der Waals surface area (Å²) in [6, 6.07) is 8.58. The van der Waals surface area contributed by atoms with Crippen LogP contribution >= 0.6 is 24.0 Å². The Morgan fingerprint density at radius 1 is 1.41 bits per heavy atom. The lowest BCUT2D eigenvalue weighted by Crippen LogP contribution is -2.72. The smallest absolute Gasteiger partial charge is 0.191 e. The predicted octanol–water partition coefficient (Wildman–Crippen LogP) is 3.49. The molecule has 4 rings (SSSR count). The van der Waals surface area contributed by atoms with E-state index in [1.165, 1.54) is 25.7 Å². The van der Waals surface area contributed by atoms with Gasteiger partial charge in [0.2, 0.25) is 0 Å². The number of fused-ring (bicyclic) bond motifs is 2. The lowest BCUT2D eigenvalue weighted by Gasteiger charge is -2.63. The van der Waals surface area contributed by atoms with Crippen molar-refractivity contribution >= 4 is 29.9 Å². The summed E-state index contributed by atoms with van der Waals surface area (Å²) in [4.78, 5) is 4.45. The van der Waals surface area contributed by atoms with Gasteiger partial charge >= 0.3 is 0 Å². The Morgan fingerprint density at radius 3 is 2.93 bits per heavy atom. The van der Waals surface area contributed by atoms with Crippen molar-refractivity contribution in [2.75, 3.05) is 20.3 Å². The number of benzene rings is 1. The molecule has 1 aliphatic heterocycles. The van der Waals surface area contributed by atoms with Crippen LogP contribution in [0.5, 0.6) is 5.75 Å². The molecule has 1 aromatic rings. The second-order valence-electron chi connectivity index (χ2n) is 7.59. The summed E-state index contributed by atoms with van der Waals surface area (Å²) in [6.45, 7) is 5.82. The number of guanidine groups is 1. The Balaban J connectivity index is 0.00000210. The third-order valence-electron chi connectivity index (χ3n) is 6.33. The van der Waals surface area contributed by atoms with Crippen molar-refractivity contribution in [2.45, 2.75) is 44.4 Å². The van der Waals surface area contributed by atoms with Gasteiger partial charge in [0, 0.05) is 43.1 Å². The Kier molecular flexibility index (Phi) is 6.68. The third kappa shape index (κ3) is 3.70. The fraction of sp³-hybridized carbons (Fsp3) is 0.571. The van der Waals surface area contributed by atoms with Gasteiger partial charge < -0.3 is 20.1 Å². The van der Waals surface area contributed by atoms with Gasteiger partial charge in [-0.25, -0.2) is 0 Å². The standard InChI is InChI=1S/C21H29N3O2.HI/c1-3-12-25-17-8-5-4-7-15(17)14-23-20(22-2)24-18-16-9-13-26-19(16)21(18)10-6-11-21;/h3-5,7-8,16,18-19H,1,6,9-14H2,2H3,(H2,22,23,24);1H. The van der Waals surface area contributed by atoms with Crippen molar-refractivity contribution < 1.29 is 9.47 Å². The Bertz CT molecular complexity index is 690. The van der Waals surface area contributed by atoms with Gasteiger partial charge in [0.25, 0.3) is 0 Å². The van der Waals surface area contributed by atoms with Crippen LogP contribution in [-0.2, 0) is 11.3 Å². The average molecular weight is 483 g/mol. The molecule has 3 aliphatic rings. The molecule has 0 aromatic heterocycles. The number of aliphatic imine (C=N–C) groups is 1. The highest BCUT2D eigenvalue weighted by Gasteiger charge is 2.66. The van der Waals surface area contributed by atoms with Gasteiger partial charge in [-0.15, -0.1) is 24.0 Å². The number of halogens is 1. The summed E-state index contributed by atoms with van der Waals surface area (Å²) >= 11 is 0. The van der Waals surface area contributed by atoms with Crippen LogP contribution in [0.3, 0.4) is 0 Å². The molecular weight excluding hydrogens is 453 g/mol. The summed E-state index contributed by atoms with van der Waals surface area (Å²) in [5, 5.41) is 7.16. The number of hydrogen-bond donors (Lipinski definition) is 2. The zero-order chi connectivity index (χ0) is 18.0. The van der Waals surface area contributed by atoms with Crippen LogP contribution in [0.1, 0.15) is 31.2 Å². The van der Waals surface area contributed by atoms with Gasteiger partial charge in [0.05, 0.1) is 6.10 Å². The van der Waals surface area contributed by atoms with E-state index in [1.54, 1.807) is 6.08 Å². The van der Waals surface area contributed by atoms with Crippen molar-refractivity contribution in [1.82, 2.24) is 10.6 Å². The zero-order valence-electron chi connectivity index (χ0n) is 15.9. The van der Waals surface area contributed by atoms with Gasteiger partial charge in [-0.2, -0.15) is 0 Å². The fourth-order valence-corrected chi connectivity index (χ4v) is 4.92. The van der Waals surface area contributed by atoms with Gasteiger partial charge in [-0.3, -0.25) is 4.99 Å². The maximum absolute atomic E-state index is 6.01. The van der Waals surface area contributed by atoms with Gasteiger partial charge in [0.1, 0.15) is 12.4 Å². The summed E-state index contributed by atoms with van der Waals surface area (Å²) in [5.74, 6) is 2.39. The topological polar surface area (TPSA) is 54.9 Å². The Morgan fingerprint density at radius 2 is 2.22 bits per heavy atom. The van der Waals surface area contributed by atoms with Crippen molar-refractivity contribution in [3.05, 3.63) is 42.5 Å². The van der Waals surface area contributed by atoms with Gasteiger partial charge in [-0.05, 0) is 25.3 Å². The van der Waals surface area contributed by atoms with Gasteiger partial charge in [-0.1, -0.05) is 37.3 Å². The molecule has 2 saturated carbocycles. The monoisotopic (exact) mass is 483 g/mol. The maximum Gasteiger partial charge on any atom is 0.191 e. The first kappa shape index (κ1) is 20.5. The molecule has 5 nitrogen and oxygen atoms in total. The van der Waals surface area contributed by atoms with E-state index in [1.807, 2.05) is 25.2 Å². The molecule has 27 heavy (non-hydrogen) atoms. The molecular formula is C21H30IN3O2. The van der Waals surface area contributed by atoms with Crippen LogP contribution in [-0.4, -0.2) is 38.4 Å². The van der Waals surface area contributed by atoms with Crippen LogP contribution < -0.4 is 15.4 Å². The first-order chi connectivity index (χ1) is 12.8. The van der Waals surface area contributed by atoms with Crippen LogP contribution in [0.15, 0.2) is 41.9 Å². The van der Waals surface area contributed by atoms with E-state index < -0.39 is 0 Å². The number of rotatable bonds is 6. The highest BCUT2D eigenvalue weighted by atomic mass is 127. The SMILES string of the molecule is C=CCOc1ccccc1CNC(=NC)NC1C2CCOC2C12CCC2.I. The second-order valence-corrected chi connectivity index (χ2v) is 7.59. The summed E-state index contributed by atoms with van der Waals surface area (Å²) in [7, 11) is 1.84. The summed E-state index contributed by atoms with van der Waals surface area (Å²) < 4.78 is 11.8. The Hall–Kier alpha value is -1.28. The number of nitrogens with zero attached hydrogens (tertiary/aromatic N) is 1. The number of para-hydroxylation sites is 1. The molecule has 0 bridgehead atoms. The van der Waals surface area contributed by atoms with Crippen molar-refractivity contribution in [3.8, 4) is 5.75 Å². The molecule has 3 unspecified atom stereocenters. The molecule has 2 aliphatic carbocycles. The van der Waals surface area contributed by atoms with Crippen molar-refractivity contribution in [3.63, 3.8) is 0 Å². The number of nitrogens with one attached hydrogen (secondary N) is 2. The number of hydrogen-bond acceptors (Lipinski definition) is 3. The van der Waals surface area contributed by atoms with Crippen LogP contribution in [0.2, 0.25) is 0 Å². The first-order valence-electron chi connectivity index (χ1n) is 9.69. The normalized spacial score (nSPS) is 27.6. The van der Waals surface area contributed by atoms with E-state index >= 15 is 0 Å². The average Bonchev–Trinajstić information content (AvgIpc) is 3.04.